The molecule has 0 atom stereocenters. The Hall–Kier alpha value is -4.53. The van der Waals surface area contributed by atoms with Crippen molar-refractivity contribution in [1.82, 2.24) is 19.5 Å². The summed E-state index contributed by atoms with van der Waals surface area (Å²) < 4.78 is 40.3. The molecular formula is C25H15F3N4O2. The van der Waals surface area contributed by atoms with Gasteiger partial charge in [-0.25, -0.2) is 9.97 Å². The van der Waals surface area contributed by atoms with E-state index in [0.717, 1.165) is 12.1 Å². The molecule has 5 rings (SSSR count). The van der Waals surface area contributed by atoms with E-state index in [9.17, 15) is 23.1 Å². The number of hydrogen-bond acceptors (Lipinski definition) is 5. The Bertz CT molecular complexity index is 1560. The Balaban J connectivity index is 1.76. The van der Waals surface area contributed by atoms with Gasteiger partial charge in [0.25, 0.3) is 5.56 Å². The number of aromatic nitrogens is 4. The molecule has 3 heterocycles. The molecule has 0 fully saturated rings. The van der Waals surface area contributed by atoms with E-state index in [-0.39, 0.29) is 11.1 Å². The van der Waals surface area contributed by atoms with Crippen LogP contribution in [0.25, 0.3) is 39.1 Å². The molecule has 0 spiro atoms. The van der Waals surface area contributed by atoms with Crippen LogP contribution < -0.4 is 5.56 Å². The molecule has 0 amide bonds. The minimum atomic E-state index is -4.46. The van der Waals surface area contributed by atoms with Crippen molar-refractivity contribution in [3.8, 4) is 34.0 Å². The Labute approximate surface area is 190 Å². The highest BCUT2D eigenvalue weighted by Gasteiger charge is 2.30. The molecule has 168 valence electrons. The molecule has 0 aliphatic heterocycles. The lowest BCUT2D eigenvalue weighted by Gasteiger charge is -2.12. The number of nitrogens with zero attached hydrogens (tertiary/aromatic N) is 4. The van der Waals surface area contributed by atoms with Crippen LogP contribution in [0.5, 0.6) is 5.75 Å². The molecule has 0 bridgehead atoms. The summed E-state index contributed by atoms with van der Waals surface area (Å²) in [5.74, 6) is -0.0132. The van der Waals surface area contributed by atoms with Crippen molar-refractivity contribution in [1.29, 1.82) is 0 Å². The Kier molecular flexibility index (Phi) is 5.09. The zero-order valence-electron chi connectivity index (χ0n) is 17.4. The molecule has 5 aromatic rings. The highest BCUT2D eigenvalue weighted by Crippen LogP contribution is 2.32. The van der Waals surface area contributed by atoms with Crippen molar-refractivity contribution in [2.75, 3.05) is 0 Å². The number of alkyl halides is 3. The van der Waals surface area contributed by atoms with Gasteiger partial charge in [0.05, 0.1) is 28.0 Å². The standard InChI is InChI=1S/C25H15F3N4O2/c26-25(27,28)17-8-6-15(7-9-17)21-12-20-23(22(31-21)16-3-2-10-29-13-16)30-14-32(24(20)34)18-4-1-5-19(33)11-18/h1-14,33H. The van der Waals surface area contributed by atoms with Gasteiger partial charge in [-0.1, -0.05) is 18.2 Å². The summed E-state index contributed by atoms with van der Waals surface area (Å²) in [6, 6.07) is 15.7. The predicted molar refractivity (Wildman–Crippen MR) is 120 cm³/mol. The minimum Gasteiger partial charge on any atom is -0.508 e. The van der Waals surface area contributed by atoms with Gasteiger partial charge in [-0.2, -0.15) is 13.2 Å². The van der Waals surface area contributed by atoms with Crippen LogP contribution in [0.4, 0.5) is 13.2 Å². The zero-order valence-corrected chi connectivity index (χ0v) is 17.4. The van der Waals surface area contributed by atoms with Crippen molar-refractivity contribution in [2.45, 2.75) is 6.18 Å². The largest absolute Gasteiger partial charge is 0.508 e. The number of fused-ring (bicyclic) bond motifs is 1. The number of benzene rings is 2. The van der Waals surface area contributed by atoms with Gasteiger partial charge in [-0.15, -0.1) is 0 Å². The molecule has 0 saturated heterocycles. The number of aromatic hydroxyl groups is 1. The van der Waals surface area contributed by atoms with Gasteiger partial charge in [-0.05, 0) is 42.5 Å². The molecular weight excluding hydrogens is 445 g/mol. The fourth-order valence-corrected chi connectivity index (χ4v) is 3.64. The van der Waals surface area contributed by atoms with E-state index in [1.807, 2.05) is 0 Å². The Morgan fingerprint density at radius 2 is 1.71 bits per heavy atom. The summed E-state index contributed by atoms with van der Waals surface area (Å²) in [7, 11) is 0. The first-order chi connectivity index (χ1) is 16.3. The first-order valence-electron chi connectivity index (χ1n) is 10.1. The van der Waals surface area contributed by atoms with Gasteiger partial charge in [0.2, 0.25) is 0 Å². The van der Waals surface area contributed by atoms with Crippen molar-refractivity contribution in [3.05, 3.63) is 101 Å². The maximum Gasteiger partial charge on any atom is 0.416 e. The summed E-state index contributed by atoms with van der Waals surface area (Å²) in [5, 5.41) is 10.0. The van der Waals surface area contributed by atoms with Gasteiger partial charge >= 0.3 is 6.18 Å². The number of rotatable bonds is 3. The van der Waals surface area contributed by atoms with Gasteiger partial charge < -0.3 is 5.11 Å². The summed E-state index contributed by atoms with van der Waals surface area (Å²) in [6.07, 6.45) is 0.0440. The smallest absolute Gasteiger partial charge is 0.416 e. The molecule has 6 nitrogen and oxygen atoms in total. The maximum atomic E-state index is 13.4. The SMILES string of the molecule is O=c1c2cc(-c3ccc(C(F)(F)F)cc3)nc(-c3cccnc3)c2ncn1-c1cccc(O)c1. The third-order valence-electron chi connectivity index (χ3n) is 5.30. The normalized spacial score (nSPS) is 11.6. The second-order valence-electron chi connectivity index (χ2n) is 7.51. The molecule has 0 saturated carbocycles. The van der Waals surface area contributed by atoms with Crippen molar-refractivity contribution < 1.29 is 18.3 Å². The van der Waals surface area contributed by atoms with E-state index in [1.54, 1.807) is 36.7 Å². The zero-order chi connectivity index (χ0) is 23.9. The van der Waals surface area contributed by atoms with Crippen LogP contribution in [-0.4, -0.2) is 24.6 Å². The predicted octanol–water partition coefficient (Wildman–Crippen LogP) is 5.23. The van der Waals surface area contributed by atoms with E-state index < -0.39 is 17.3 Å². The quantitative estimate of drug-likeness (QED) is 0.399. The molecule has 0 aliphatic carbocycles. The number of phenolic OH excluding ortho intramolecular Hbond substituents is 1. The second kappa shape index (κ2) is 8.11. The maximum absolute atomic E-state index is 13.4. The van der Waals surface area contributed by atoms with Crippen molar-refractivity contribution in [2.24, 2.45) is 0 Å². The highest BCUT2D eigenvalue weighted by molar-refractivity contribution is 5.93. The van der Waals surface area contributed by atoms with Crippen molar-refractivity contribution >= 4 is 10.9 Å². The number of halogens is 3. The highest BCUT2D eigenvalue weighted by atomic mass is 19.4. The van der Waals surface area contributed by atoms with Crippen LogP contribution in [0.3, 0.4) is 0 Å². The van der Waals surface area contributed by atoms with E-state index in [2.05, 4.69) is 15.0 Å². The molecule has 9 heteroatoms. The summed E-state index contributed by atoms with van der Waals surface area (Å²) in [4.78, 5) is 26.6. The summed E-state index contributed by atoms with van der Waals surface area (Å²) >= 11 is 0. The number of phenols is 1. The van der Waals surface area contributed by atoms with E-state index in [0.29, 0.717) is 33.7 Å². The first kappa shape index (κ1) is 21.3. The third kappa shape index (κ3) is 3.88. The lowest BCUT2D eigenvalue weighted by atomic mass is 10.0. The lowest BCUT2D eigenvalue weighted by molar-refractivity contribution is -0.137. The van der Waals surface area contributed by atoms with Crippen molar-refractivity contribution in [3.63, 3.8) is 0 Å². The Morgan fingerprint density at radius 3 is 2.38 bits per heavy atom. The van der Waals surface area contributed by atoms with E-state index >= 15 is 0 Å². The van der Waals surface area contributed by atoms with Crippen LogP contribution >= 0.6 is 0 Å². The topological polar surface area (TPSA) is 80.9 Å². The van der Waals surface area contributed by atoms with Gasteiger partial charge in [-0.3, -0.25) is 14.3 Å². The fraction of sp³-hybridized carbons (Fsp3) is 0.0400. The first-order valence-corrected chi connectivity index (χ1v) is 10.1. The molecule has 2 aromatic carbocycles. The fourth-order valence-electron chi connectivity index (χ4n) is 3.64. The average molecular weight is 460 g/mol. The number of pyridine rings is 2. The molecule has 3 aromatic heterocycles. The van der Waals surface area contributed by atoms with Crippen LogP contribution in [0.15, 0.2) is 90.2 Å². The molecule has 0 radical (unpaired) electrons. The monoisotopic (exact) mass is 460 g/mol. The van der Waals surface area contributed by atoms with E-state index in [4.69, 9.17) is 0 Å². The number of hydrogen-bond donors (Lipinski definition) is 1. The van der Waals surface area contributed by atoms with Crippen LogP contribution in [0.1, 0.15) is 5.56 Å². The van der Waals surface area contributed by atoms with Gasteiger partial charge in [0, 0.05) is 29.6 Å². The second-order valence-corrected chi connectivity index (χ2v) is 7.51. The average Bonchev–Trinajstić information content (AvgIpc) is 2.84. The van der Waals surface area contributed by atoms with Crippen LogP contribution in [0.2, 0.25) is 0 Å². The minimum absolute atomic E-state index is 0.0132. The van der Waals surface area contributed by atoms with Gasteiger partial charge in [0.15, 0.2) is 0 Å². The lowest BCUT2D eigenvalue weighted by Crippen LogP contribution is -2.19. The summed E-state index contributed by atoms with van der Waals surface area (Å²) in [5.41, 5.74) is 1.23. The van der Waals surface area contributed by atoms with E-state index in [1.165, 1.54) is 41.2 Å². The van der Waals surface area contributed by atoms with Gasteiger partial charge in [0.1, 0.15) is 17.6 Å². The molecule has 0 aliphatic rings. The molecule has 34 heavy (non-hydrogen) atoms. The summed E-state index contributed by atoms with van der Waals surface area (Å²) in [6.45, 7) is 0. The molecule has 1 N–H and O–H groups in total. The van der Waals surface area contributed by atoms with Crippen LogP contribution in [0, 0.1) is 0 Å². The Morgan fingerprint density at radius 1 is 0.912 bits per heavy atom. The van der Waals surface area contributed by atoms with Crippen LogP contribution in [-0.2, 0) is 6.18 Å². The molecule has 0 unspecified atom stereocenters. The third-order valence-corrected chi connectivity index (χ3v) is 5.30.